The molecule has 0 aliphatic heterocycles. The van der Waals surface area contributed by atoms with Crippen LogP contribution in [-0.2, 0) is 9.84 Å². The van der Waals surface area contributed by atoms with Crippen LogP contribution >= 0.6 is 11.3 Å². The van der Waals surface area contributed by atoms with E-state index in [1.165, 1.54) is 17.6 Å². The Morgan fingerprint density at radius 3 is 2.47 bits per heavy atom. The van der Waals surface area contributed by atoms with Crippen molar-refractivity contribution in [1.29, 1.82) is 0 Å². The lowest BCUT2D eigenvalue weighted by atomic mass is 10.1. The number of hydrogen-bond acceptors (Lipinski definition) is 4. The van der Waals surface area contributed by atoms with Gasteiger partial charge >= 0.3 is 0 Å². The number of thiazole rings is 1. The van der Waals surface area contributed by atoms with E-state index >= 15 is 0 Å². The van der Waals surface area contributed by atoms with Crippen LogP contribution in [0.5, 0.6) is 0 Å². The Kier molecular flexibility index (Phi) is 3.05. The second kappa shape index (κ2) is 4.23. The van der Waals surface area contributed by atoms with Gasteiger partial charge in [-0.15, -0.1) is 11.3 Å². The molecular formula is C12H13NO2S2. The fraction of sp³-hybridized carbons (Fsp3) is 0.250. The zero-order valence-electron chi connectivity index (χ0n) is 9.89. The molecule has 0 fully saturated rings. The molecule has 0 aliphatic carbocycles. The monoisotopic (exact) mass is 267 g/mol. The van der Waals surface area contributed by atoms with Gasteiger partial charge in [0.25, 0.3) is 0 Å². The highest BCUT2D eigenvalue weighted by Gasteiger charge is 2.18. The molecule has 1 heterocycles. The summed E-state index contributed by atoms with van der Waals surface area (Å²) in [6, 6.07) is 3.68. The third-order valence-electron chi connectivity index (χ3n) is 2.49. The van der Waals surface area contributed by atoms with Crippen LogP contribution in [-0.4, -0.2) is 19.7 Å². The predicted octanol–water partition coefficient (Wildman–Crippen LogP) is 2.83. The molecule has 0 aliphatic rings. The molecule has 2 aromatic rings. The summed E-state index contributed by atoms with van der Waals surface area (Å²) in [7, 11) is -3.24. The van der Waals surface area contributed by atoms with Crippen molar-refractivity contribution in [3.05, 3.63) is 34.8 Å². The fourth-order valence-electron chi connectivity index (χ4n) is 1.84. The zero-order chi connectivity index (χ0) is 12.6. The average Bonchev–Trinajstić information content (AvgIpc) is 2.67. The summed E-state index contributed by atoms with van der Waals surface area (Å²) in [5, 5.41) is 2.60. The number of sulfone groups is 1. The summed E-state index contributed by atoms with van der Waals surface area (Å²) in [5.74, 6) is 0. The molecule has 0 amide bonds. The van der Waals surface area contributed by atoms with Crippen LogP contribution in [0, 0.1) is 13.8 Å². The molecule has 3 nitrogen and oxygen atoms in total. The largest absolute Gasteiger partial charge is 0.244 e. The van der Waals surface area contributed by atoms with Gasteiger partial charge in [0.1, 0.15) is 5.01 Å². The summed E-state index contributed by atoms with van der Waals surface area (Å²) >= 11 is 1.45. The van der Waals surface area contributed by atoms with Crippen molar-refractivity contribution in [2.75, 3.05) is 6.26 Å². The Bertz CT molecular complexity index is 643. The summed E-state index contributed by atoms with van der Waals surface area (Å²) < 4.78 is 23.7. The molecule has 2 rings (SSSR count). The smallest absolute Gasteiger partial charge is 0.176 e. The molecular weight excluding hydrogens is 254 g/mol. The van der Waals surface area contributed by atoms with Crippen LogP contribution in [0.3, 0.4) is 0 Å². The number of aryl methyl sites for hydroxylation is 2. The molecule has 17 heavy (non-hydrogen) atoms. The van der Waals surface area contributed by atoms with E-state index in [1.54, 1.807) is 12.3 Å². The SMILES string of the molecule is Cc1cc(C)c(-c2nccs2)c(S(C)(=O)=O)c1. The van der Waals surface area contributed by atoms with Crippen molar-refractivity contribution < 1.29 is 8.42 Å². The Morgan fingerprint density at radius 1 is 1.24 bits per heavy atom. The van der Waals surface area contributed by atoms with Gasteiger partial charge in [0.2, 0.25) is 0 Å². The Balaban J connectivity index is 2.82. The van der Waals surface area contributed by atoms with E-state index < -0.39 is 9.84 Å². The number of nitrogens with zero attached hydrogens (tertiary/aromatic N) is 1. The first-order chi connectivity index (χ1) is 7.89. The minimum atomic E-state index is -3.24. The van der Waals surface area contributed by atoms with Crippen molar-refractivity contribution in [3.63, 3.8) is 0 Å². The van der Waals surface area contributed by atoms with Crippen molar-refractivity contribution >= 4 is 21.2 Å². The molecule has 1 aromatic heterocycles. The van der Waals surface area contributed by atoms with Crippen LogP contribution in [0.25, 0.3) is 10.6 Å². The van der Waals surface area contributed by atoms with E-state index in [2.05, 4.69) is 4.98 Å². The lowest BCUT2D eigenvalue weighted by Gasteiger charge is -2.10. The minimum absolute atomic E-state index is 0.366. The number of hydrogen-bond donors (Lipinski definition) is 0. The summed E-state index contributed by atoms with van der Waals surface area (Å²) in [6.07, 6.45) is 2.92. The van der Waals surface area contributed by atoms with Crippen molar-refractivity contribution in [3.8, 4) is 10.6 Å². The summed E-state index contributed by atoms with van der Waals surface area (Å²) in [5.41, 5.74) is 2.62. The molecule has 0 radical (unpaired) electrons. The maximum atomic E-state index is 11.8. The minimum Gasteiger partial charge on any atom is -0.244 e. The highest BCUT2D eigenvalue weighted by Crippen LogP contribution is 2.32. The number of aromatic nitrogens is 1. The number of benzene rings is 1. The maximum Gasteiger partial charge on any atom is 0.176 e. The topological polar surface area (TPSA) is 47.0 Å². The van der Waals surface area contributed by atoms with Gasteiger partial charge < -0.3 is 0 Å². The van der Waals surface area contributed by atoms with Gasteiger partial charge in [-0.2, -0.15) is 0 Å². The first kappa shape index (κ1) is 12.3. The van der Waals surface area contributed by atoms with E-state index in [1.807, 2.05) is 25.3 Å². The van der Waals surface area contributed by atoms with E-state index in [0.29, 0.717) is 4.90 Å². The fourth-order valence-corrected chi connectivity index (χ4v) is 3.70. The zero-order valence-corrected chi connectivity index (χ0v) is 11.5. The van der Waals surface area contributed by atoms with Crippen LogP contribution in [0.15, 0.2) is 28.6 Å². The molecule has 0 atom stereocenters. The Hall–Kier alpha value is -1.20. The lowest BCUT2D eigenvalue weighted by molar-refractivity contribution is 0.602. The summed E-state index contributed by atoms with van der Waals surface area (Å²) in [4.78, 5) is 4.57. The molecule has 0 spiro atoms. The summed E-state index contributed by atoms with van der Waals surface area (Å²) in [6.45, 7) is 3.81. The second-order valence-corrected chi connectivity index (χ2v) is 6.94. The van der Waals surface area contributed by atoms with Crippen LogP contribution in [0.2, 0.25) is 0 Å². The molecule has 0 N–H and O–H groups in total. The third kappa shape index (κ3) is 2.40. The van der Waals surface area contributed by atoms with Crippen LogP contribution in [0.1, 0.15) is 11.1 Å². The molecule has 90 valence electrons. The van der Waals surface area contributed by atoms with Crippen LogP contribution < -0.4 is 0 Å². The molecule has 1 aromatic carbocycles. The van der Waals surface area contributed by atoms with Gasteiger partial charge in [0, 0.05) is 23.4 Å². The van der Waals surface area contributed by atoms with Gasteiger partial charge in [-0.1, -0.05) is 6.07 Å². The van der Waals surface area contributed by atoms with E-state index in [4.69, 9.17) is 0 Å². The molecule has 0 saturated heterocycles. The highest BCUT2D eigenvalue weighted by molar-refractivity contribution is 7.90. The Morgan fingerprint density at radius 2 is 1.94 bits per heavy atom. The molecule has 0 bridgehead atoms. The van der Waals surface area contributed by atoms with E-state index in [-0.39, 0.29) is 0 Å². The highest BCUT2D eigenvalue weighted by atomic mass is 32.2. The van der Waals surface area contributed by atoms with Gasteiger partial charge in [-0.05, 0) is 31.0 Å². The van der Waals surface area contributed by atoms with Gasteiger partial charge in [-0.25, -0.2) is 13.4 Å². The molecule has 5 heteroatoms. The average molecular weight is 267 g/mol. The predicted molar refractivity (Wildman–Crippen MR) is 70.1 cm³/mol. The van der Waals surface area contributed by atoms with Crippen molar-refractivity contribution in [2.45, 2.75) is 18.7 Å². The number of rotatable bonds is 2. The molecule has 0 saturated carbocycles. The first-order valence-corrected chi connectivity index (χ1v) is 7.88. The lowest BCUT2D eigenvalue weighted by Crippen LogP contribution is -2.02. The Labute approximate surface area is 105 Å². The maximum absolute atomic E-state index is 11.8. The third-order valence-corrected chi connectivity index (χ3v) is 4.40. The van der Waals surface area contributed by atoms with Crippen molar-refractivity contribution in [2.24, 2.45) is 0 Å². The second-order valence-electron chi connectivity index (χ2n) is 4.06. The first-order valence-electron chi connectivity index (χ1n) is 5.11. The van der Waals surface area contributed by atoms with E-state index in [0.717, 1.165) is 21.7 Å². The normalized spacial score (nSPS) is 11.7. The van der Waals surface area contributed by atoms with Crippen molar-refractivity contribution in [1.82, 2.24) is 4.98 Å². The standard InChI is InChI=1S/C12H13NO2S2/c1-8-6-9(2)11(12-13-4-5-16-12)10(7-8)17(3,14)15/h4-7H,1-3H3. The van der Waals surface area contributed by atoms with Gasteiger partial charge in [0.15, 0.2) is 9.84 Å². The van der Waals surface area contributed by atoms with E-state index in [9.17, 15) is 8.42 Å². The van der Waals surface area contributed by atoms with Gasteiger partial charge in [0.05, 0.1) is 4.90 Å². The van der Waals surface area contributed by atoms with Crippen LogP contribution in [0.4, 0.5) is 0 Å². The van der Waals surface area contributed by atoms with Gasteiger partial charge in [-0.3, -0.25) is 0 Å². The quantitative estimate of drug-likeness (QED) is 0.840. The molecule has 0 unspecified atom stereocenters.